The van der Waals surface area contributed by atoms with Crippen molar-refractivity contribution in [2.24, 2.45) is 17.8 Å². The topological polar surface area (TPSA) is 51.2 Å². The predicted octanol–water partition coefficient (Wildman–Crippen LogP) is 2.80. The van der Waals surface area contributed by atoms with Crippen molar-refractivity contribution in [3.63, 3.8) is 0 Å². The zero-order valence-electron chi connectivity index (χ0n) is 14.1. The van der Waals surface area contributed by atoms with Crippen molar-refractivity contribution in [3.8, 4) is 0 Å². The molecule has 2 aliphatic carbocycles. The van der Waals surface area contributed by atoms with Gasteiger partial charge < -0.3 is 19.3 Å². The lowest BCUT2D eigenvalue weighted by atomic mass is 10.1. The summed E-state index contributed by atoms with van der Waals surface area (Å²) in [6, 6.07) is 0. The molecule has 4 heteroatoms. The molecule has 128 valence electrons. The summed E-state index contributed by atoms with van der Waals surface area (Å²) in [6.07, 6.45) is 9.34. The van der Waals surface area contributed by atoms with Crippen LogP contribution in [-0.4, -0.2) is 50.3 Å². The molecule has 1 N–H and O–H groups in total. The quantitative estimate of drug-likeness (QED) is 0.404. The van der Waals surface area contributed by atoms with Crippen LogP contribution in [-0.2, 0) is 14.2 Å². The van der Waals surface area contributed by atoms with Gasteiger partial charge in [0.1, 0.15) is 0 Å². The first kappa shape index (κ1) is 17.9. The number of hydrogen-bond donors (Lipinski definition) is 1. The summed E-state index contributed by atoms with van der Waals surface area (Å²) in [4.78, 5) is 0. The Morgan fingerprint density at radius 3 is 2.50 bits per heavy atom. The average molecular weight is 312 g/mol. The standard InChI is InChI=1S/2C9H16O2/c1-2-11-5-7-6-3-4-8(10)9(6)7;1-2-10-7-5-3-4-6-9-8-11-9/h6-10H,2-5H2,1H3;3,5,9H,2,4,6-8H2,1H3/t6-,7?,8+,9-;/m0./s1. The predicted molar refractivity (Wildman–Crippen MR) is 86.8 cm³/mol. The molecule has 4 nitrogen and oxygen atoms in total. The molecule has 3 aliphatic rings. The molecular formula is C18H32O4. The lowest BCUT2D eigenvalue weighted by molar-refractivity contribution is 0.101. The van der Waals surface area contributed by atoms with Crippen LogP contribution in [0.5, 0.6) is 0 Å². The van der Waals surface area contributed by atoms with Gasteiger partial charge in [0.25, 0.3) is 0 Å². The molecule has 2 unspecified atom stereocenters. The fraction of sp³-hybridized carbons (Fsp3) is 0.889. The van der Waals surface area contributed by atoms with Crippen molar-refractivity contribution in [1.82, 2.24) is 0 Å². The van der Waals surface area contributed by atoms with Crippen LogP contribution in [0.1, 0.15) is 39.5 Å². The third-order valence-electron chi connectivity index (χ3n) is 4.79. The molecule has 1 heterocycles. The minimum atomic E-state index is -0.00884. The van der Waals surface area contributed by atoms with E-state index in [2.05, 4.69) is 12.2 Å². The molecule has 0 aromatic heterocycles. The van der Waals surface area contributed by atoms with Gasteiger partial charge in [0.05, 0.1) is 32.0 Å². The number of rotatable bonds is 9. The van der Waals surface area contributed by atoms with Crippen LogP contribution in [0.4, 0.5) is 0 Å². The number of aliphatic hydroxyl groups is 1. The maximum Gasteiger partial charge on any atom is 0.0812 e. The van der Waals surface area contributed by atoms with Gasteiger partial charge in [-0.2, -0.15) is 0 Å². The van der Waals surface area contributed by atoms with Crippen molar-refractivity contribution < 1.29 is 19.3 Å². The number of hydrogen-bond acceptors (Lipinski definition) is 4. The molecule has 5 atom stereocenters. The van der Waals surface area contributed by atoms with Crippen LogP contribution in [0.25, 0.3) is 0 Å². The Hall–Kier alpha value is -0.420. The summed E-state index contributed by atoms with van der Waals surface area (Å²) in [5.74, 6) is 2.09. The Balaban J connectivity index is 0.000000160. The van der Waals surface area contributed by atoms with Gasteiger partial charge in [0, 0.05) is 13.2 Å². The van der Waals surface area contributed by atoms with Gasteiger partial charge >= 0.3 is 0 Å². The molecule has 1 aliphatic heterocycles. The first-order valence-electron chi connectivity index (χ1n) is 8.88. The fourth-order valence-corrected chi connectivity index (χ4v) is 3.38. The van der Waals surface area contributed by atoms with Gasteiger partial charge in [0.2, 0.25) is 0 Å². The number of allylic oxidation sites excluding steroid dienone is 1. The van der Waals surface area contributed by atoms with Crippen molar-refractivity contribution in [2.75, 3.05) is 33.0 Å². The van der Waals surface area contributed by atoms with Gasteiger partial charge in [-0.15, -0.1) is 0 Å². The zero-order valence-corrected chi connectivity index (χ0v) is 14.1. The molecule has 1 saturated heterocycles. The molecule has 0 amide bonds. The molecule has 0 spiro atoms. The first-order chi connectivity index (χ1) is 10.8. The summed E-state index contributed by atoms with van der Waals surface area (Å²) < 4.78 is 15.5. The largest absolute Gasteiger partial charge is 0.393 e. The van der Waals surface area contributed by atoms with Gasteiger partial charge in [-0.05, 0) is 57.3 Å². The molecule has 3 rings (SSSR count). The van der Waals surface area contributed by atoms with Gasteiger partial charge in [-0.1, -0.05) is 12.2 Å². The smallest absolute Gasteiger partial charge is 0.0812 e. The molecule has 22 heavy (non-hydrogen) atoms. The van der Waals surface area contributed by atoms with E-state index >= 15 is 0 Å². The number of ether oxygens (including phenoxy) is 3. The second kappa shape index (κ2) is 9.66. The number of fused-ring (bicyclic) bond motifs is 1. The van der Waals surface area contributed by atoms with E-state index in [4.69, 9.17) is 14.2 Å². The van der Waals surface area contributed by atoms with Crippen LogP contribution >= 0.6 is 0 Å². The highest BCUT2D eigenvalue weighted by atomic mass is 16.6. The molecule has 2 saturated carbocycles. The number of epoxide rings is 1. The van der Waals surface area contributed by atoms with E-state index in [1.165, 1.54) is 12.8 Å². The fourth-order valence-electron chi connectivity index (χ4n) is 3.38. The third kappa shape index (κ3) is 5.99. The molecular weight excluding hydrogens is 280 g/mol. The van der Waals surface area contributed by atoms with E-state index in [1.807, 2.05) is 13.8 Å². The van der Waals surface area contributed by atoms with E-state index in [0.29, 0.717) is 17.9 Å². The summed E-state index contributed by atoms with van der Waals surface area (Å²) in [7, 11) is 0. The zero-order chi connectivity index (χ0) is 15.8. The highest BCUT2D eigenvalue weighted by molar-refractivity contribution is 5.05. The van der Waals surface area contributed by atoms with E-state index in [1.54, 1.807) is 0 Å². The van der Waals surface area contributed by atoms with Crippen LogP contribution in [0, 0.1) is 17.8 Å². The maximum atomic E-state index is 9.45. The van der Waals surface area contributed by atoms with E-state index < -0.39 is 0 Å². The Labute approximate surface area is 134 Å². The summed E-state index contributed by atoms with van der Waals surface area (Å²) >= 11 is 0. The van der Waals surface area contributed by atoms with E-state index in [9.17, 15) is 5.11 Å². The van der Waals surface area contributed by atoms with Gasteiger partial charge in [0.15, 0.2) is 0 Å². The normalized spacial score (nSPS) is 35.1. The second-order valence-corrected chi connectivity index (χ2v) is 6.37. The highest BCUT2D eigenvalue weighted by Gasteiger charge is 2.57. The third-order valence-corrected chi connectivity index (χ3v) is 4.79. The minimum Gasteiger partial charge on any atom is -0.393 e. The first-order valence-corrected chi connectivity index (χ1v) is 8.88. The Kier molecular flexibility index (Phi) is 7.87. The van der Waals surface area contributed by atoms with E-state index in [0.717, 1.165) is 51.8 Å². The van der Waals surface area contributed by atoms with Gasteiger partial charge in [-0.3, -0.25) is 0 Å². The minimum absolute atomic E-state index is 0.00884. The van der Waals surface area contributed by atoms with Crippen LogP contribution in [0.3, 0.4) is 0 Å². The van der Waals surface area contributed by atoms with Crippen LogP contribution in [0.2, 0.25) is 0 Å². The highest BCUT2D eigenvalue weighted by Crippen LogP contribution is 2.57. The Morgan fingerprint density at radius 1 is 1.14 bits per heavy atom. The monoisotopic (exact) mass is 312 g/mol. The van der Waals surface area contributed by atoms with Gasteiger partial charge in [-0.25, -0.2) is 0 Å². The maximum absolute atomic E-state index is 9.45. The molecule has 0 radical (unpaired) electrons. The molecule has 0 bridgehead atoms. The van der Waals surface area contributed by atoms with Crippen LogP contribution in [0.15, 0.2) is 12.2 Å². The van der Waals surface area contributed by atoms with Crippen LogP contribution < -0.4 is 0 Å². The SMILES string of the molecule is CCOCC1[C@H]2[C@H](O)CC[C@@H]12.CCOCC=CCCC1CO1. The summed E-state index contributed by atoms with van der Waals surface area (Å²) in [6.45, 7) is 8.24. The summed E-state index contributed by atoms with van der Waals surface area (Å²) in [5, 5.41) is 9.45. The Morgan fingerprint density at radius 2 is 1.91 bits per heavy atom. The van der Waals surface area contributed by atoms with Crippen molar-refractivity contribution in [3.05, 3.63) is 12.2 Å². The molecule has 0 aromatic rings. The van der Waals surface area contributed by atoms with Crippen molar-refractivity contribution >= 4 is 0 Å². The average Bonchev–Trinajstić information content (AvgIpc) is 3.42. The van der Waals surface area contributed by atoms with E-state index in [-0.39, 0.29) is 6.10 Å². The molecule has 0 aromatic carbocycles. The second-order valence-electron chi connectivity index (χ2n) is 6.37. The Bertz CT molecular complexity index is 327. The lowest BCUT2D eigenvalue weighted by Gasteiger charge is -2.06. The number of aliphatic hydroxyl groups excluding tert-OH is 1. The summed E-state index contributed by atoms with van der Waals surface area (Å²) in [5.41, 5.74) is 0. The van der Waals surface area contributed by atoms with Crippen molar-refractivity contribution in [2.45, 2.75) is 51.7 Å². The van der Waals surface area contributed by atoms with Crippen molar-refractivity contribution in [1.29, 1.82) is 0 Å². The lowest BCUT2D eigenvalue weighted by Crippen LogP contribution is -2.10. The molecule has 3 fully saturated rings.